The van der Waals surface area contributed by atoms with Crippen LogP contribution in [0.15, 0.2) is 24.3 Å². The normalized spacial score (nSPS) is 29.7. The Morgan fingerprint density at radius 1 is 1.45 bits per heavy atom. The molecule has 4 nitrogen and oxygen atoms in total. The van der Waals surface area contributed by atoms with Gasteiger partial charge in [0.25, 0.3) is 0 Å². The van der Waals surface area contributed by atoms with E-state index in [1.807, 2.05) is 0 Å². The van der Waals surface area contributed by atoms with E-state index in [1.54, 1.807) is 39.0 Å². The number of hydrogen-bond donors (Lipinski definition) is 2. The maximum atomic E-state index is 14.6. The first-order valence-electron chi connectivity index (χ1n) is 6.60. The molecule has 0 bridgehead atoms. The van der Waals surface area contributed by atoms with E-state index in [9.17, 15) is 14.3 Å². The summed E-state index contributed by atoms with van der Waals surface area (Å²) in [7, 11) is 0. The number of carbonyl (C=O) groups is 1. The number of fused-ring (bicyclic) bond motifs is 1. The lowest BCUT2D eigenvalue weighted by atomic mass is 9.77. The second-order valence-corrected chi connectivity index (χ2v) is 6.21. The Labute approximate surface area is 117 Å². The van der Waals surface area contributed by atoms with E-state index >= 15 is 0 Å². The molecule has 0 saturated carbocycles. The van der Waals surface area contributed by atoms with Gasteiger partial charge in [-0.15, -0.1) is 0 Å². The Morgan fingerprint density at radius 2 is 2.05 bits per heavy atom. The van der Waals surface area contributed by atoms with Crippen LogP contribution in [0.25, 0.3) is 0 Å². The molecule has 1 aliphatic carbocycles. The number of rotatable bonds is 1. The highest BCUT2D eigenvalue weighted by molar-refractivity contribution is 5.75. The highest BCUT2D eigenvalue weighted by Crippen LogP contribution is 2.38. The third kappa shape index (κ3) is 2.69. The number of alkyl halides is 1. The van der Waals surface area contributed by atoms with Crippen LogP contribution in [0.3, 0.4) is 0 Å². The van der Waals surface area contributed by atoms with Crippen molar-refractivity contribution in [3.05, 3.63) is 35.4 Å². The first-order valence-corrected chi connectivity index (χ1v) is 6.60. The highest BCUT2D eigenvalue weighted by atomic mass is 19.1. The zero-order valence-corrected chi connectivity index (χ0v) is 11.9. The molecule has 0 unspecified atom stereocenters. The topological polar surface area (TPSA) is 72.5 Å². The van der Waals surface area contributed by atoms with Crippen molar-refractivity contribution >= 4 is 5.97 Å². The van der Waals surface area contributed by atoms with Gasteiger partial charge in [-0.3, -0.25) is 10.5 Å². The van der Waals surface area contributed by atoms with Crippen LogP contribution in [0.4, 0.5) is 4.39 Å². The molecule has 110 valence electrons. The van der Waals surface area contributed by atoms with Gasteiger partial charge < -0.3 is 9.84 Å². The van der Waals surface area contributed by atoms with Crippen LogP contribution < -0.4 is 5.73 Å². The molecule has 1 aromatic carbocycles. The monoisotopic (exact) mass is 281 g/mol. The Morgan fingerprint density at radius 3 is 2.65 bits per heavy atom. The molecule has 3 N–H and O–H groups in total. The summed E-state index contributed by atoms with van der Waals surface area (Å²) in [6, 6.07) is 6.64. The smallest absolute Gasteiger partial charge is 0.312 e. The highest BCUT2D eigenvalue weighted by Gasteiger charge is 2.49. The summed E-state index contributed by atoms with van der Waals surface area (Å²) in [5, 5.41) is 10.1. The van der Waals surface area contributed by atoms with E-state index in [1.165, 1.54) is 6.07 Å². The summed E-state index contributed by atoms with van der Waals surface area (Å²) >= 11 is 0. The SMILES string of the molecule is CC(C)(C)OC(=O)[C@@H]1Cc2ccccc2[C@](N)(F)[C@H]1O. The summed E-state index contributed by atoms with van der Waals surface area (Å²) < 4.78 is 19.9. The molecule has 2 rings (SSSR count). The first kappa shape index (κ1) is 14.9. The van der Waals surface area contributed by atoms with Crippen molar-refractivity contribution < 1.29 is 19.0 Å². The van der Waals surface area contributed by atoms with E-state index in [-0.39, 0.29) is 12.0 Å². The third-order valence-electron chi connectivity index (χ3n) is 3.39. The quantitative estimate of drug-likeness (QED) is 0.606. The largest absolute Gasteiger partial charge is 0.460 e. The molecule has 0 aliphatic heterocycles. The van der Waals surface area contributed by atoms with Gasteiger partial charge in [0.2, 0.25) is 5.79 Å². The molecular formula is C15H20FNO3. The molecule has 0 radical (unpaired) electrons. The fraction of sp³-hybridized carbons (Fsp3) is 0.533. The van der Waals surface area contributed by atoms with Crippen molar-refractivity contribution in [3.63, 3.8) is 0 Å². The number of hydrogen-bond acceptors (Lipinski definition) is 4. The summed E-state index contributed by atoms with van der Waals surface area (Å²) in [6.07, 6.45) is -1.40. The fourth-order valence-corrected chi connectivity index (χ4v) is 2.46. The molecule has 0 aromatic heterocycles. The Kier molecular flexibility index (Phi) is 3.60. The van der Waals surface area contributed by atoms with Crippen molar-refractivity contribution in [2.24, 2.45) is 11.7 Å². The molecular weight excluding hydrogens is 261 g/mol. The van der Waals surface area contributed by atoms with Gasteiger partial charge in [-0.2, -0.15) is 0 Å². The van der Waals surface area contributed by atoms with E-state index in [2.05, 4.69) is 0 Å². The zero-order valence-electron chi connectivity index (χ0n) is 11.9. The summed E-state index contributed by atoms with van der Waals surface area (Å²) in [4.78, 5) is 12.1. The minimum Gasteiger partial charge on any atom is -0.460 e. The summed E-state index contributed by atoms with van der Waals surface area (Å²) in [5.74, 6) is -4.08. The van der Waals surface area contributed by atoms with Gasteiger partial charge >= 0.3 is 5.97 Å². The maximum absolute atomic E-state index is 14.6. The molecule has 3 atom stereocenters. The summed E-state index contributed by atoms with van der Waals surface area (Å²) in [5.41, 5.74) is 5.76. The second kappa shape index (κ2) is 4.82. The van der Waals surface area contributed by atoms with Crippen molar-refractivity contribution in [1.29, 1.82) is 0 Å². The van der Waals surface area contributed by atoms with Gasteiger partial charge in [0, 0.05) is 5.56 Å². The van der Waals surface area contributed by atoms with Gasteiger partial charge in [-0.25, -0.2) is 4.39 Å². The molecule has 0 amide bonds. The molecule has 0 heterocycles. The predicted octanol–water partition coefficient (Wildman–Crippen LogP) is 1.64. The number of benzene rings is 1. The van der Waals surface area contributed by atoms with E-state index in [4.69, 9.17) is 10.5 Å². The number of aliphatic hydroxyl groups is 1. The molecule has 0 saturated heterocycles. The van der Waals surface area contributed by atoms with Crippen LogP contribution in [-0.2, 0) is 21.7 Å². The van der Waals surface area contributed by atoms with Gasteiger partial charge in [-0.1, -0.05) is 24.3 Å². The maximum Gasteiger partial charge on any atom is 0.312 e. The zero-order chi connectivity index (χ0) is 15.1. The minimum atomic E-state index is -2.45. The lowest BCUT2D eigenvalue weighted by Crippen LogP contribution is -2.54. The Bertz CT molecular complexity index is 522. The molecule has 5 heteroatoms. The molecule has 0 spiro atoms. The van der Waals surface area contributed by atoms with E-state index in [0.29, 0.717) is 5.56 Å². The number of aliphatic hydroxyl groups excluding tert-OH is 1. The van der Waals surface area contributed by atoms with Crippen LogP contribution in [0.1, 0.15) is 31.9 Å². The molecule has 0 fully saturated rings. The number of carbonyl (C=O) groups excluding carboxylic acids is 1. The Hall–Kier alpha value is -1.46. The van der Waals surface area contributed by atoms with Crippen LogP contribution in [0.5, 0.6) is 0 Å². The van der Waals surface area contributed by atoms with Crippen LogP contribution in [-0.4, -0.2) is 22.8 Å². The standard InChI is InChI=1S/C15H20FNO3/c1-14(2,3)20-13(19)10-8-9-6-4-5-7-11(9)15(16,17)12(10)18/h4-7,10,12,18H,8,17H2,1-3H3/t10-,12+,15-/m1/s1. The van der Waals surface area contributed by atoms with Crippen molar-refractivity contribution in [2.75, 3.05) is 0 Å². The van der Waals surface area contributed by atoms with Gasteiger partial charge in [0.05, 0.1) is 5.92 Å². The lowest BCUT2D eigenvalue weighted by molar-refractivity contribution is -0.170. The van der Waals surface area contributed by atoms with Crippen molar-refractivity contribution in [2.45, 2.75) is 44.7 Å². The van der Waals surface area contributed by atoms with Crippen LogP contribution in [0.2, 0.25) is 0 Å². The van der Waals surface area contributed by atoms with Gasteiger partial charge in [-0.05, 0) is 32.8 Å². The number of esters is 1. The number of halogens is 1. The molecule has 1 aliphatic rings. The number of nitrogens with two attached hydrogens (primary N) is 1. The Balaban J connectivity index is 2.33. The fourth-order valence-electron chi connectivity index (χ4n) is 2.46. The average molecular weight is 281 g/mol. The second-order valence-electron chi connectivity index (χ2n) is 6.21. The molecule has 1 aromatic rings. The number of ether oxygens (including phenoxy) is 1. The van der Waals surface area contributed by atoms with E-state index < -0.39 is 29.4 Å². The third-order valence-corrected chi connectivity index (χ3v) is 3.39. The first-order chi connectivity index (χ1) is 9.13. The average Bonchev–Trinajstić information content (AvgIpc) is 2.32. The molecule has 20 heavy (non-hydrogen) atoms. The van der Waals surface area contributed by atoms with Crippen LogP contribution in [0, 0.1) is 5.92 Å². The van der Waals surface area contributed by atoms with E-state index in [0.717, 1.165) is 0 Å². The predicted molar refractivity (Wildman–Crippen MR) is 72.5 cm³/mol. The lowest BCUT2D eigenvalue weighted by Gasteiger charge is -2.38. The van der Waals surface area contributed by atoms with Crippen LogP contribution >= 0.6 is 0 Å². The van der Waals surface area contributed by atoms with Crippen molar-refractivity contribution in [3.8, 4) is 0 Å². The van der Waals surface area contributed by atoms with Gasteiger partial charge in [0.1, 0.15) is 11.7 Å². The van der Waals surface area contributed by atoms with Crippen molar-refractivity contribution in [1.82, 2.24) is 0 Å². The summed E-state index contributed by atoms with van der Waals surface area (Å²) in [6.45, 7) is 5.16. The minimum absolute atomic E-state index is 0.217. The van der Waals surface area contributed by atoms with Gasteiger partial charge in [0.15, 0.2) is 0 Å².